The van der Waals surface area contributed by atoms with E-state index in [1.54, 1.807) is 0 Å². The summed E-state index contributed by atoms with van der Waals surface area (Å²) in [4.78, 5) is 4.51. The first-order chi connectivity index (χ1) is 11.7. The van der Waals surface area contributed by atoms with Crippen molar-refractivity contribution >= 4 is 22.6 Å². The SMILES string of the molecule is CCCCc1nc(C#N)c(I)n1Cc1ccc(CNCCC)cc1. The van der Waals surface area contributed by atoms with Gasteiger partial charge in [-0.1, -0.05) is 44.5 Å². The average molecular weight is 436 g/mol. The van der Waals surface area contributed by atoms with Crippen molar-refractivity contribution in [3.05, 3.63) is 50.6 Å². The van der Waals surface area contributed by atoms with Crippen molar-refractivity contribution < 1.29 is 0 Å². The molecule has 4 nitrogen and oxygen atoms in total. The molecule has 2 aromatic rings. The van der Waals surface area contributed by atoms with Gasteiger partial charge in [-0.05, 0) is 53.1 Å². The number of imidazole rings is 1. The molecule has 1 heterocycles. The Balaban J connectivity index is 2.12. The van der Waals surface area contributed by atoms with Gasteiger partial charge in [0.15, 0.2) is 5.69 Å². The van der Waals surface area contributed by atoms with E-state index in [4.69, 9.17) is 0 Å². The van der Waals surface area contributed by atoms with Gasteiger partial charge in [0.05, 0.1) is 0 Å². The molecule has 0 saturated carbocycles. The Kier molecular flexibility index (Phi) is 7.73. The Morgan fingerprint density at radius 1 is 1.17 bits per heavy atom. The maximum absolute atomic E-state index is 9.25. The Labute approximate surface area is 158 Å². The van der Waals surface area contributed by atoms with Crippen LogP contribution in [0, 0.1) is 15.0 Å². The second kappa shape index (κ2) is 9.80. The summed E-state index contributed by atoms with van der Waals surface area (Å²) in [6.45, 7) is 7.08. The minimum absolute atomic E-state index is 0.544. The first-order valence-corrected chi connectivity index (χ1v) is 9.71. The molecule has 5 heteroatoms. The van der Waals surface area contributed by atoms with E-state index in [1.165, 1.54) is 11.1 Å². The van der Waals surface area contributed by atoms with Gasteiger partial charge in [0, 0.05) is 19.5 Å². The van der Waals surface area contributed by atoms with E-state index >= 15 is 0 Å². The van der Waals surface area contributed by atoms with Gasteiger partial charge in [-0.15, -0.1) is 0 Å². The number of halogens is 1. The van der Waals surface area contributed by atoms with E-state index in [0.29, 0.717) is 5.69 Å². The number of unbranched alkanes of at least 4 members (excludes halogenated alkanes) is 1. The first-order valence-electron chi connectivity index (χ1n) is 8.63. The van der Waals surface area contributed by atoms with Crippen LogP contribution >= 0.6 is 22.6 Å². The summed E-state index contributed by atoms with van der Waals surface area (Å²) in [6, 6.07) is 10.9. The molecule has 0 radical (unpaired) electrons. The van der Waals surface area contributed by atoms with Crippen molar-refractivity contribution in [3.63, 3.8) is 0 Å². The highest BCUT2D eigenvalue weighted by Gasteiger charge is 2.14. The fourth-order valence-electron chi connectivity index (χ4n) is 2.59. The minimum atomic E-state index is 0.544. The lowest BCUT2D eigenvalue weighted by molar-refractivity contribution is 0.666. The molecule has 128 valence electrons. The van der Waals surface area contributed by atoms with E-state index in [1.807, 2.05) is 0 Å². The van der Waals surface area contributed by atoms with Crippen molar-refractivity contribution in [3.8, 4) is 6.07 Å². The second-order valence-corrected chi connectivity index (χ2v) is 6.98. The van der Waals surface area contributed by atoms with Crippen LogP contribution in [0.15, 0.2) is 24.3 Å². The van der Waals surface area contributed by atoms with E-state index in [-0.39, 0.29) is 0 Å². The summed E-state index contributed by atoms with van der Waals surface area (Å²) in [5.74, 6) is 1.02. The summed E-state index contributed by atoms with van der Waals surface area (Å²) < 4.78 is 3.12. The quantitative estimate of drug-likeness (QED) is 0.473. The smallest absolute Gasteiger partial charge is 0.172 e. The van der Waals surface area contributed by atoms with Crippen LogP contribution in [0.3, 0.4) is 0 Å². The van der Waals surface area contributed by atoms with Gasteiger partial charge >= 0.3 is 0 Å². The number of nitriles is 1. The second-order valence-electron chi connectivity index (χ2n) is 5.96. The number of nitrogens with one attached hydrogen (secondary N) is 1. The van der Waals surface area contributed by atoms with Crippen LogP contribution in [0.1, 0.15) is 55.8 Å². The molecular formula is C19H25IN4. The monoisotopic (exact) mass is 436 g/mol. The summed E-state index contributed by atoms with van der Waals surface area (Å²) in [5.41, 5.74) is 3.09. The highest BCUT2D eigenvalue weighted by Crippen LogP contribution is 2.18. The molecule has 24 heavy (non-hydrogen) atoms. The van der Waals surface area contributed by atoms with Gasteiger partial charge in [0.1, 0.15) is 15.6 Å². The third kappa shape index (κ3) is 5.05. The maximum Gasteiger partial charge on any atom is 0.172 e. The molecule has 0 saturated heterocycles. The zero-order valence-electron chi connectivity index (χ0n) is 14.5. The number of nitrogens with zero attached hydrogens (tertiary/aromatic N) is 3. The standard InChI is InChI=1S/C19H25IN4/c1-3-5-6-18-23-17(12-21)19(20)24(18)14-16-9-7-15(8-10-16)13-22-11-4-2/h7-10,22H,3-6,11,13-14H2,1-2H3. The van der Waals surface area contributed by atoms with Gasteiger partial charge in [-0.2, -0.15) is 5.26 Å². The highest BCUT2D eigenvalue weighted by molar-refractivity contribution is 14.1. The Morgan fingerprint density at radius 2 is 1.88 bits per heavy atom. The predicted octanol–water partition coefficient (Wildman–Crippen LogP) is 4.25. The van der Waals surface area contributed by atoms with Crippen LogP contribution in [-0.4, -0.2) is 16.1 Å². The van der Waals surface area contributed by atoms with Crippen LogP contribution < -0.4 is 5.32 Å². The molecule has 1 aromatic carbocycles. The van der Waals surface area contributed by atoms with Crippen molar-refractivity contribution in [2.75, 3.05) is 6.54 Å². The number of aryl methyl sites for hydroxylation is 1. The third-order valence-electron chi connectivity index (χ3n) is 3.96. The van der Waals surface area contributed by atoms with Gasteiger partial charge in [-0.25, -0.2) is 4.98 Å². The number of rotatable bonds is 9. The van der Waals surface area contributed by atoms with Crippen LogP contribution in [0.4, 0.5) is 0 Å². The third-order valence-corrected chi connectivity index (χ3v) is 5.06. The van der Waals surface area contributed by atoms with Crippen molar-refractivity contribution in [1.29, 1.82) is 5.26 Å². The van der Waals surface area contributed by atoms with Crippen LogP contribution in [0.2, 0.25) is 0 Å². The molecule has 0 bridgehead atoms. The van der Waals surface area contributed by atoms with Crippen molar-refractivity contribution in [2.24, 2.45) is 0 Å². The Bertz CT molecular complexity index is 683. The zero-order chi connectivity index (χ0) is 17.4. The lowest BCUT2D eigenvalue weighted by Gasteiger charge is -2.10. The van der Waals surface area contributed by atoms with Crippen LogP contribution in [0.25, 0.3) is 0 Å². The fraction of sp³-hybridized carbons (Fsp3) is 0.474. The fourth-order valence-corrected chi connectivity index (χ4v) is 3.28. The number of aromatic nitrogens is 2. The molecule has 0 aliphatic heterocycles. The Hall–Kier alpha value is -1.39. The van der Waals surface area contributed by atoms with E-state index < -0.39 is 0 Å². The number of benzene rings is 1. The summed E-state index contributed by atoms with van der Waals surface area (Å²) in [5, 5.41) is 12.7. The summed E-state index contributed by atoms with van der Waals surface area (Å²) >= 11 is 2.24. The largest absolute Gasteiger partial charge is 0.318 e. The molecule has 1 aromatic heterocycles. The van der Waals surface area contributed by atoms with E-state index in [0.717, 1.165) is 54.8 Å². The topological polar surface area (TPSA) is 53.6 Å². The normalized spacial score (nSPS) is 10.8. The van der Waals surface area contributed by atoms with Gasteiger partial charge in [-0.3, -0.25) is 0 Å². The minimum Gasteiger partial charge on any atom is -0.318 e. The predicted molar refractivity (Wildman–Crippen MR) is 106 cm³/mol. The molecule has 0 amide bonds. The summed E-state index contributed by atoms with van der Waals surface area (Å²) in [7, 11) is 0. The molecule has 0 atom stereocenters. The lowest BCUT2D eigenvalue weighted by atomic mass is 10.1. The van der Waals surface area contributed by atoms with Crippen molar-refractivity contribution in [1.82, 2.24) is 14.9 Å². The molecule has 0 aliphatic carbocycles. The summed E-state index contributed by atoms with van der Waals surface area (Å²) in [6.07, 6.45) is 4.30. The van der Waals surface area contributed by atoms with E-state index in [2.05, 4.69) is 81.6 Å². The number of hydrogen-bond donors (Lipinski definition) is 1. The number of hydrogen-bond acceptors (Lipinski definition) is 3. The molecular weight excluding hydrogens is 411 g/mol. The molecule has 0 spiro atoms. The molecule has 1 N–H and O–H groups in total. The highest BCUT2D eigenvalue weighted by atomic mass is 127. The first kappa shape index (κ1) is 18.9. The maximum atomic E-state index is 9.25. The lowest BCUT2D eigenvalue weighted by Crippen LogP contribution is -2.13. The van der Waals surface area contributed by atoms with Gasteiger partial charge in [0.25, 0.3) is 0 Å². The Morgan fingerprint density at radius 3 is 2.50 bits per heavy atom. The van der Waals surface area contributed by atoms with Crippen LogP contribution in [-0.2, 0) is 19.5 Å². The van der Waals surface area contributed by atoms with Crippen LogP contribution in [0.5, 0.6) is 0 Å². The molecule has 0 unspecified atom stereocenters. The van der Waals surface area contributed by atoms with Gasteiger partial charge in [0.2, 0.25) is 0 Å². The molecule has 0 fully saturated rings. The average Bonchev–Trinajstić information content (AvgIpc) is 2.90. The zero-order valence-corrected chi connectivity index (χ0v) is 16.6. The molecule has 0 aliphatic rings. The van der Waals surface area contributed by atoms with E-state index in [9.17, 15) is 5.26 Å². The molecule has 2 rings (SSSR count). The van der Waals surface area contributed by atoms with Crippen molar-refractivity contribution in [2.45, 2.75) is 52.6 Å². The van der Waals surface area contributed by atoms with Gasteiger partial charge < -0.3 is 9.88 Å².